The van der Waals surface area contributed by atoms with Crippen LogP contribution in [0.15, 0.2) is 48.5 Å². The minimum Gasteiger partial charge on any atom is -0.508 e. The molecule has 0 aliphatic heterocycles. The van der Waals surface area contributed by atoms with Crippen molar-refractivity contribution in [2.24, 2.45) is 0 Å². The van der Waals surface area contributed by atoms with Crippen molar-refractivity contribution in [1.29, 1.82) is 0 Å². The molecule has 0 saturated carbocycles. The highest BCUT2D eigenvalue weighted by Crippen LogP contribution is 2.26. The standard InChI is InChI=1S/C17H20ClNO2/c1-2-15(11-20)19-17(12-3-7-14(18)8-4-12)13-5-9-16(21)10-6-13/h3-10,15,17,19-21H,2,11H2,1H3. The molecule has 0 aliphatic carbocycles. The van der Waals surface area contributed by atoms with Crippen LogP contribution in [0.25, 0.3) is 0 Å². The number of nitrogens with one attached hydrogen (secondary N) is 1. The first-order valence-corrected chi connectivity index (χ1v) is 7.43. The maximum absolute atomic E-state index is 9.44. The molecule has 2 unspecified atom stereocenters. The predicted octanol–water partition coefficient (Wildman–Crippen LogP) is 3.50. The first-order valence-electron chi connectivity index (χ1n) is 7.05. The smallest absolute Gasteiger partial charge is 0.115 e. The minimum absolute atomic E-state index is 0.0134. The van der Waals surface area contributed by atoms with E-state index in [-0.39, 0.29) is 24.4 Å². The van der Waals surface area contributed by atoms with Gasteiger partial charge in [-0.3, -0.25) is 0 Å². The zero-order chi connectivity index (χ0) is 15.2. The van der Waals surface area contributed by atoms with Crippen LogP contribution in [0, 0.1) is 0 Å². The minimum atomic E-state index is -0.0556. The van der Waals surface area contributed by atoms with E-state index in [1.54, 1.807) is 12.1 Å². The lowest BCUT2D eigenvalue weighted by Gasteiger charge is -2.25. The summed E-state index contributed by atoms with van der Waals surface area (Å²) in [6, 6.07) is 14.7. The lowest BCUT2D eigenvalue weighted by molar-refractivity contribution is 0.232. The molecule has 0 saturated heterocycles. The van der Waals surface area contributed by atoms with Crippen LogP contribution in [-0.2, 0) is 0 Å². The van der Waals surface area contributed by atoms with Gasteiger partial charge in [-0.2, -0.15) is 0 Å². The van der Waals surface area contributed by atoms with Gasteiger partial charge in [-0.05, 0) is 41.8 Å². The van der Waals surface area contributed by atoms with E-state index in [1.807, 2.05) is 43.3 Å². The van der Waals surface area contributed by atoms with Crippen LogP contribution in [0.2, 0.25) is 5.02 Å². The van der Waals surface area contributed by atoms with E-state index in [2.05, 4.69) is 5.32 Å². The van der Waals surface area contributed by atoms with Crippen molar-refractivity contribution in [3.63, 3.8) is 0 Å². The van der Waals surface area contributed by atoms with E-state index in [4.69, 9.17) is 11.6 Å². The summed E-state index contributed by atoms with van der Waals surface area (Å²) < 4.78 is 0. The van der Waals surface area contributed by atoms with E-state index < -0.39 is 0 Å². The van der Waals surface area contributed by atoms with Gasteiger partial charge in [0.2, 0.25) is 0 Å². The number of aliphatic hydroxyl groups excluding tert-OH is 1. The van der Waals surface area contributed by atoms with Crippen molar-refractivity contribution < 1.29 is 10.2 Å². The fraction of sp³-hybridized carbons (Fsp3) is 0.294. The highest BCUT2D eigenvalue weighted by molar-refractivity contribution is 6.30. The van der Waals surface area contributed by atoms with Crippen molar-refractivity contribution in [2.45, 2.75) is 25.4 Å². The molecule has 2 aromatic carbocycles. The molecule has 112 valence electrons. The van der Waals surface area contributed by atoms with E-state index in [9.17, 15) is 10.2 Å². The zero-order valence-electron chi connectivity index (χ0n) is 12.0. The second kappa shape index (κ2) is 7.46. The number of aliphatic hydroxyl groups is 1. The molecular weight excluding hydrogens is 286 g/mol. The summed E-state index contributed by atoms with van der Waals surface area (Å²) in [6.07, 6.45) is 0.832. The first kappa shape index (κ1) is 15.8. The summed E-state index contributed by atoms with van der Waals surface area (Å²) in [5, 5.41) is 23.0. The molecule has 0 heterocycles. The Kier molecular flexibility index (Phi) is 5.62. The van der Waals surface area contributed by atoms with Crippen molar-refractivity contribution in [1.82, 2.24) is 5.32 Å². The second-order valence-electron chi connectivity index (χ2n) is 5.03. The Hall–Kier alpha value is -1.55. The molecule has 0 aliphatic rings. The molecule has 3 N–H and O–H groups in total. The number of hydrogen-bond donors (Lipinski definition) is 3. The largest absolute Gasteiger partial charge is 0.508 e. The van der Waals surface area contributed by atoms with E-state index in [0.717, 1.165) is 17.5 Å². The summed E-state index contributed by atoms with van der Waals surface area (Å²) in [6.45, 7) is 2.11. The number of hydrogen-bond acceptors (Lipinski definition) is 3. The Morgan fingerprint density at radius 1 is 1.00 bits per heavy atom. The highest BCUT2D eigenvalue weighted by Gasteiger charge is 2.17. The molecule has 3 nitrogen and oxygen atoms in total. The molecule has 2 rings (SSSR count). The lowest BCUT2D eigenvalue weighted by atomic mass is 9.97. The third-order valence-electron chi connectivity index (χ3n) is 3.55. The molecular formula is C17H20ClNO2. The maximum Gasteiger partial charge on any atom is 0.115 e. The lowest BCUT2D eigenvalue weighted by Crippen LogP contribution is -2.35. The van der Waals surface area contributed by atoms with Crippen LogP contribution in [0.1, 0.15) is 30.5 Å². The van der Waals surface area contributed by atoms with E-state index >= 15 is 0 Å². The van der Waals surface area contributed by atoms with Gasteiger partial charge in [0, 0.05) is 11.1 Å². The molecule has 0 bridgehead atoms. The van der Waals surface area contributed by atoms with Crippen LogP contribution >= 0.6 is 11.6 Å². The molecule has 2 atom stereocenters. The van der Waals surface area contributed by atoms with Crippen molar-refractivity contribution >= 4 is 11.6 Å². The van der Waals surface area contributed by atoms with E-state index in [1.165, 1.54) is 0 Å². The molecule has 0 radical (unpaired) electrons. The van der Waals surface area contributed by atoms with Crippen LogP contribution in [0.4, 0.5) is 0 Å². The topological polar surface area (TPSA) is 52.5 Å². The summed E-state index contributed by atoms with van der Waals surface area (Å²) >= 11 is 5.95. The van der Waals surface area contributed by atoms with Gasteiger partial charge in [0.1, 0.15) is 5.75 Å². The van der Waals surface area contributed by atoms with Gasteiger partial charge in [-0.15, -0.1) is 0 Å². The van der Waals surface area contributed by atoms with Gasteiger partial charge in [0.05, 0.1) is 12.6 Å². The molecule has 4 heteroatoms. The number of aromatic hydroxyl groups is 1. The Bertz CT molecular complexity index is 505. The Labute approximate surface area is 130 Å². The first-order chi connectivity index (χ1) is 10.1. The van der Waals surface area contributed by atoms with Gasteiger partial charge in [0.25, 0.3) is 0 Å². The third-order valence-corrected chi connectivity index (χ3v) is 3.80. The monoisotopic (exact) mass is 305 g/mol. The molecule has 0 spiro atoms. The number of halogens is 1. The Morgan fingerprint density at radius 2 is 1.52 bits per heavy atom. The van der Waals surface area contributed by atoms with Gasteiger partial charge in [-0.25, -0.2) is 0 Å². The van der Waals surface area contributed by atoms with Gasteiger partial charge in [-0.1, -0.05) is 42.8 Å². The molecule has 21 heavy (non-hydrogen) atoms. The fourth-order valence-electron chi connectivity index (χ4n) is 2.24. The number of phenols is 1. The Balaban J connectivity index is 2.33. The fourth-order valence-corrected chi connectivity index (χ4v) is 2.37. The zero-order valence-corrected chi connectivity index (χ0v) is 12.7. The molecule has 0 amide bonds. The summed E-state index contributed by atoms with van der Waals surface area (Å²) in [5.74, 6) is 0.239. The highest BCUT2D eigenvalue weighted by atomic mass is 35.5. The SMILES string of the molecule is CCC(CO)NC(c1ccc(O)cc1)c1ccc(Cl)cc1. The Morgan fingerprint density at radius 3 is 2.00 bits per heavy atom. The predicted molar refractivity (Wildman–Crippen MR) is 85.7 cm³/mol. The summed E-state index contributed by atoms with van der Waals surface area (Å²) in [5.41, 5.74) is 2.10. The molecule has 0 fully saturated rings. The molecule has 2 aromatic rings. The molecule has 0 aromatic heterocycles. The van der Waals surface area contributed by atoms with Crippen molar-refractivity contribution in [3.05, 3.63) is 64.7 Å². The maximum atomic E-state index is 9.44. The van der Waals surface area contributed by atoms with Crippen LogP contribution < -0.4 is 5.32 Å². The van der Waals surface area contributed by atoms with E-state index in [0.29, 0.717) is 5.02 Å². The number of phenolic OH excluding ortho intramolecular Hbond substituents is 1. The average molecular weight is 306 g/mol. The van der Waals surface area contributed by atoms with Crippen molar-refractivity contribution in [2.75, 3.05) is 6.61 Å². The quantitative estimate of drug-likeness (QED) is 0.765. The number of benzene rings is 2. The van der Waals surface area contributed by atoms with Gasteiger partial charge >= 0.3 is 0 Å². The van der Waals surface area contributed by atoms with Crippen LogP contribution in [0.3, 0.4) is 0 Å². The summed E-state index contributed by atoms with van der Waals surface area (Å²) in [7, 11) is 0. The van der Waals surface area contributed by atoms with Crippen LogP contribution in [0.5, 0.6) is 5.75 Å². The van der Waals surface area contributed by atoms with Crippen molar-refractivity contribution in [3.8, 4) is 5.75 Å². The second-order valence-corrected chi connectivity index (χ2v) is 5.47. The normalized spacial score (nSPS) is 13.9. The summed E-state index contributed by atoms with van der Waals surface area (Å²) in [4.78, 5) is 0. The third kappa shape index (κ3) is 4.21. The number of rotatable bonds is 6. The van der Waals surface area contributed by atoms with Crippen LogP contribution in [-0.4, -0.2) is 22.9 Å². The van der Waals surface area contributed by atoms with Gasteiger partial charge < -0.3 is 15.5 Å². The average Bonchev–Trinajstić information content (AvgIpc) is 2.51. The van der Waals surface area contributed by atoms with Gasteiger partial charge in [0.15, 0.2) is 0 Å².